The van der Waals surface area contributed by atoms with Crippen molar-refractivity contribution in [2.75, 3.05) is 37.1 Å². The minimum Gasteiger partial charge on any atom is -0.488 e. The number of amides is 2. The van der Waals surface area contributed by atoms with Crippen molar-refractivity contribution in [3.05, 3.63) is 35.4 Å². The van der Waals surface area contributed by atoms with Crippen molar-refractivity contribution in [3.63, 3.8) is 0 Å². The average Bonchev–Trinajstić information content (AvgIpc) is 3.08. The zero-order chi connectivity index (χ0) is 17.1. The second kappa shape index (κ2) is 6.98. The van der Waals surface area contributed by atoms with Gasteiger partial charge in [0.15, 0.2) is 5.75 Å². The first-order chi connectivity index (χ1) is 11.6. The van der Waals surface area contributed by atoms with E-state index in [0.29, 0.717) is 36.2 Å². The predicted molar refractivity (Wildman–Crippen MR) is 90.5 cm³/mol. The lowest BCUT2D eigenvalue weighted by atomic mass is 10.2. The van der Waals surface area contributed by atoms with Crippen LogP contribution in [0.5, 0.6) is 5.75 Å². The highest BCUT2D eigenvalue weighted by Crippen LogP contribution is 2.42. The zero-order valence-electron chi connectivity index (χ0n) is 13.4. The van der Waals surface area contributed by atoms with Gasteiger partial charge in [0.25, 0.3) is 0 Å². The van der Waals surface area contributed by atoms with Crippen LogP contribution >= 0.6 is 11.6 Å². The third-order valence-corrected chi connectivity index (χ3v) is 4.03. The fourth-order valence-electron chi connectivity index (χ4n) is 2.52. The third-order valence-electron chi connectivity index (χ3n) is 3.75. The van der Waals surface area contributed by atoms with Crippen LogP contribution in [0.3, 0.4) is 0 Å². The summed E-state index contributed by atoms with van der Waals surface area (Å²) in [5.74, 6) is 0.614. The number of halogens is 1. The second-order valence-electron chi connectivity index (χ2n) is 5.28. The molecule has 0 saturated carbocycles. The van der Waals surface area contributed by atoms with E-state index in [-0.39, 0.29) is 0 Å². The summed E-state index contributed by atoms with van der Waals surface area (Å²) in [5, 5.41) is 0.450. The summed E-state index contributed by atoms with van der Waals surface area (Å²) >= 11 is 6.36. The number of hydrogen-bond acceptors (Lipinski definition) is 5. The predicted octanol–water partition coefficient (Wildman–Crippen LogP) is 2.17. The number of urea groups is 1. The second-order valence-corrected chi connectivity index (χ2v) is 5.68. The lowest BCUT2D eigenvalue weighted by Gasteiger charge is -2.32. The number of fused-ring (bicyclic) bond motifs is 1. The Morgan fingerprint density at radius 1 is 1.58 bits per heavy atom. The Kier molecular flexibility index (Phi) is 4.77. The van der Waals surface area contributed by atoms with E-state index in [1.807, 2.05) is 12.3 Å². The molecular weight excluding hydrogens is 334 g/mol. The lowest BCUT2D eigenvalue weighted by molar-refractivity contribution is 0.111. The highest BCUT2D eigenvalue weighted by atomic mass is 35.5. The number of nitrogens with one attached hydrogen (secondary N) is 2. The number of ether oxygens (including phenoxy) is 1. The lowest BCUT2D eigenvalue weighted by Crippen LogP contribution is -2.37. The van der Waals surface area contributed by atoms with E-state index in [9.17, 15) is 4.79 Å². The van der Waals surface area contributed by atoms with E-state index in [1.54, 1.807) is 19.4 Å². The molecule has 2 heterocycles. The largest absolute Gasteiger partial charge is 0.488 e. The van der Waals surface area contributed by atoms with E-state index in [2.05, 4.69) is 25.2 Å². The molecule has 0 bridgehead atoms. The van der Waals surface area contributed by atoms with Gasteiger partial charge in [0.2, 0.25) is 0 Å². The molecule has 1 aliphatic heterocycles. The van der Waals surface area contributed by atoms with E-state index >= 15 is 0 Å². The number of hydroxylamine groups is 1. The Morgan fingerprint density at radius 2 is 2.42 bits per heavy atom. The molecule has 0 unspecified atom stereocenters. The molecule has 0 saturated heterocycles. The fraction of sp³-hybridized carbons (Fsp3) is 0.333. The minimum absolute atomic E-state index is 0.399. The number of aromatic amines is 1. The summed E-state index contributed by atoms with van der Waals surface area (Å²) in [6, 6.07) is 3.15. The molecule has 128 valence electrons. The summed E-state index contributed by atoms with van der Waals surface area (Å²) in [6.07, 6.45) is 3.49. The first-order valence-corrected chi connectivity index (χ1v) is 7.73. The smallest absolute Gasteiger partial charge is 0.345 e. The standard InChI is InChI=1S/C15H18ClN5O3/c1-20(15(22)19-23-2)11-5-12(16)14-13(6-11)21(3-4-24-14)8-10-7-17-9-18-10/h5-7,9H,3-4,8H2,1-2H3,(H,17,18)(H,19,22). The van der Waals surface area contributed by atoms with Crippen molar-refractivity contribution in [1.29, 1.82) is 0 Å². The fourth-order valence-corrected chi connectivity index (χ4v) is 2.79. The van der Waals surface area contributed by atoms with Crippen LogP contribution in [-0.4, -0.2) is 43.3 Å². The number of benzene rings is 1. The van der Waals surface area contributed by atoms with Crippen molar-refractivity contribution >= 4 is 29.0 Å². The number of carbonyl (C=O) groups is 1. The summed E-state index contributed by atoms with van der Waals surface area (Å²) in [5.41, 5.74) is 4.64. The van der Waals surface area contributed by atoms with Crippen molar-refractivity contribution in [3.8, 4) is 5.75 Å². The van der Waals surface area contributed by atoms with Crippen LogP contribution < -0.4 is 20.0 Å². The number of imidazole rings is 1. The molecular formula is C15H18ClN5O3. The van der Waals surface area contributed by atoms with E-state index in [1.165, 1.54) is 12.0 Å². The number of H-pyrrole nitrogens is 1. The minimum atomic E-state index is -0.399. The molecule has 9 heteroatoms. The molecule has 8 nitrogen and oxygen atoms in total. The Bertz CT molecular complexity index is 722. The van der Waals surface area contributed by atoms with Gasteiger partial charge in [-0.05, 0) is 12.1 Å². The van der Waals surface area contributed by atoms with Gasteiger partial charge in [-0.25, -0.2) is 15.3 Å². The van der Waals surface area contributed by atoms with Crippen molar-refractivity contribution < 1.29 is 14.4 Å². The Balaban J connectivity index is 1.92. The quantitative estimate of drug-likeness (QED) is 0.825. The molecule has 2 aromatic rings. The van der Waals surface area contributed by atoms with E-state index < -0.39 is 6.03 Å². The summed E-state index contributed by atoms with van der Waals surface area (Å²) in [4.78, 5) is 27.3. The maximum Gasteiger partial charge on any atom is 0.345 e. The number of hydrogen-bond donors (Lipinski definition) is 2. The Hall–Kier alpha value is -2.45. The number of rotatable bonds is 4. The summed E-state index contributed by atoms with van der Waals surface area (Å²) in [7, 11) is 3.01. The maximum atomic E-state index is 11.9. The number of anilines is 2. The molecule has 1 aliphatic rings. The summed E-state index contributed by atoms with van der Waals surface area (Å²) in [6.45, 7) is 1.86. The van der Waals surface area contributed by atoms with Gasteiger partial charge in [0.1, 0.15) is 6.61 Å². The van der Waals surface area contributed by atoms with Gasteiger partial charge in [0.05, 0.1) is 42.9 Å². The van der Waals surface area contributed by atoms with Crippen molar-refractivity contribution in [2.45, 2.75) is 6.54 Å². The van der Waals surface area contributed by atoms with E-state index in [4.69, 9.17) is 16.3 Å². The Morgan fingerprint density at radius 3 is 3.12 bits per heavy atom. The normalized spacial score (nSPS) is 13.2. The van der Waals surface area contributed by atoms with Crippen LogP contribution in [-0.2, 0) is 11.4 Å². The van der Waals surface area contributed by atoms with Gasteiger partial charge in [-0.3, -0.25) is 9.74 Å². The van der Waals surface area contributed by atoms with Crippen LogP contribution in [0.25, 0.3) is 0 Å². The van der Waals surface area contributed by atoms with Gasteiger partial charge in [0, 0.05) is 18.9 Å². The van der Waals surface area contributed by atoms with E-state index in [0.717, 1.165) is 11.4 Å². The van der Waals surface area contributed by atoms with Crippen molar-refractivity contribution in [1.82, 2.24) is 15.4 Å². The molecule has 0 fully saturated rings. The van der Waals surface area contributed by atoms with Crippen LogP contribution in [0.1, 0.15) is 5.69 Å². The molecule has 0 aliphatic carbocycles. The SMILES string of the molecule is CONC(=O)N(C)c1cc(Cl)c2c(c1)N(Cc1c[nH]cn1)CCO2. The van der Waals surface area contributed by atoms with Gasteiger partial charge >= 0.3 is 6.03 Å². The topological polar surface area (TPSA) is 82.7 Å². The number of nitrogens with zero attached hydrogens (tertiary/aromatic N) is 3. The van der Waals surface area contributed by atoms with Crippen LogP contribution in [0.15, 0.2) is 24.7 Å². The Labute approximate surface area is 144 Å². The van der Waals surface area contributed by atoms with Gasteiger partial charge in [-0.2, -0.15) is 0 Å². The molecule has 1 aromatic heterocycles. The first kappa shape index (κ1) is 16.4. The van der Waals surface area contributed by atoms with Crippen molar-refractivity contribution in [2.24, 2.45) is 0 Å². The van der Waals surface area contributed by atoms with Crippen LogP contribution in [0, 0.1) is 0 Å². The average molecular weight is 352 g/mol. The maximum absolute atomic E-state index is 11.9. The zero-order valence-corrected chi connectivity index (χ0v) is 14.1. The number of aromatic nitrogens is 2. The monoisotopic (exact) mass is 351 g/mol. The van der Waals surface area contributed by atoms with Gasteiger partial charge in [-0.15, -0.1) is 0 Å². The molecule has 0 spiro atoms. The molecule has 2 amide bonds. The first-order valence-electron chi connectivity index (χ1n) is 7.35. The third kappa shape index (κ3) is 3.24. The summed E-state index contributed by atoms with van der Waals surface area (Å²) < 4.78 is 5.70. The molecule has 24 heavy (non-hydrogen) atoms. The molecule has 3 rings (SSSR count). The molecule has 0 radical (unpaired) electrons. The van der Waals surface area contributed by atoms with Gasteiger partial charge < -0.3 is 14.6 Å². The molecule has 0 atom stereocenters. The van der Waals surface area contributed by atoms with Crippen LogP contribution in [0.2, 0.25) is 5.02 Å². The molecule has 2 N–H and O–H groups in total. The highest BCUT2D eigenvalue weighted by molar-refractivity contribution is 6.33. The van der Waals surface area contributed by atoms with Crippen LogP contribution in [0.4, 0.5) is 16.2 Å². The highest BCUT2D eigenvalue weighted by Gasteiger charge is 2.24. The molecule has 1 aromatic carbocycles. The van der Waals surface area contributed by atoms with Gasteiger partial charge in [-0.1, -0.05) is 11.6 Å². The number of carbonyl (C=O) groups excluding carboxylic acids is 1.